The van der Waals surface area contributed by atoms with Crippen molar-refractivity contribution in [2.24, 2.45) is 0 Å². The number of nitriles is 1. The zero-order valence-corrected chi connectivity index (χ0v) is 20.8. The van der Waals surface area contributed by atoms with Crippen LogP contribution in [0.5, 0.6) is 0 Å². The van der Waals surface area contributed by atoms with Crippen LogP contribution in [-0.2, 0) is 23.1 Å². The fourth-order valence-corrected chi connectivity index (χ4v) is 6.58. The molecule has 2 heterocycles. The predicted octanol–water partition coefficient (Wildman–Crippen LogP) is 4.66. The number of sulfonamides is 1. The normalized spacial score (nSPS) is 17.1. The summed E-state index contributed by atoms with van der Waals surface area (Å²) >= 11 is 0. The highest BCUT2D eigenvalue weighted by molar-refractivity contribution is 7.89. The van der Waals surface area contributed by atoms with Gasteiger partial charge in [0.25, 0.3) is 0 Å². The average molecular weight is 498 g/mol. The highest BCUT2D eigenvalue weighted by Crippen LogP contribution is 2.37. The number of aromatic nitrogens is 2. The van der Waals surface area contributed by atoms with Crippen molar-refractivity contribution in [1.82, 2.24) is 14.3 Å². The van der Waals surface area contributed by atoms with E-state index in [1.807, 2.05) is 42.5 Å². The van der Waals surface area contributed by atoms with Crippen LogP contribution in [-0.4, -0.2) is 35.3 Å². The van der Waals surface area contributed by atoms with Crippen LogP contribution in [0.25, 0.3) is 0 Å². The molecule has 0 radical (unpaired) electrons. The number of anilines is 1. The average Bonchev–Trinajstić information content (AvgIpc) is 3.37. The number of fused-ring (bicyclic) bond motifs is 1. The summed E-state index contributed by atoms with van der Waals surface area (Å²) in [5.41, 5.74) is 4.22. The van der Waals surface area contributed by atoms with Crippen LogP contribution in [0.3, 0.4) is 0 Å². The zero-order chi connectivity index (χ0) is 25.1. The van der Waals surface area contributed by atoms with Crippen molar-refractivity contribution < 1.29 is 8.42 Å². The number of hydrogen-bond acceptors (Lipinski definition) is 5. The molecule has 0 aliphatic carbocycles. The number of benzene rings is 3. The van der Waals surface area contributed by atoms with E-state index in [2.05, 4.69) is 27.9 Å². The fourth-order valence-electron chi connectivity index (χ4n) is 4.89. The van der Waals surface area contributed by atoms with Crippen molar-refractivity contribution >= 4 is 15.7 Å². The van der Waals surface area contributed by atoms with Gasteiger partial charge in [-0.25, -0.2) is 13.4 Å². The first-order valence-electron chi connectivity index (χ1n) is 11.8. The Morgan fingerprint density at radius 3 is 2.47 bits per heavy atom. The summed E-state index contributed by atoms with van der Waals surface area (Å²) in [6, 6.07) is 25.9. The van der Waals surface area contributed by atoms with Crippen molar-refractivity contribution in [3.8, 4) is 6.07 Å². The van der Waals surface area contributed by atoms with Gasteiger partial charge in [-0.2, -0.15) is 9.57 Å². The molecule has 182 valence electrons. The van der Waals surface area contributed by atoms with Gasteiger partial charge in [-0.15, -0.1) is 0 Å². The molecule has 1 aromatic heterocycles. The van der Waals surface area contributed by atoms with Gasteiger partial charge in [-0.3, -0.25) is 0 Å². The molecule has 0 amide bonds. The van der Waals surface area contributed by atoms with Gasteiger partial charge in [0.05, 0.1) is 35.1 Å². The Labute approximate surface area is 211 Å². The monoisotopic (exact) mass is 497 g/mol. The second-order valence-electron chi connectivity index (χ2n) is 9.04. The molecule has 8 heteroatoms. The maximum atomic E-state index is 14.1. The van der Waals surface area contributed by atoms with Crippen LogP contribution in [0.4, 0.5) is 5.69 Å². The number of imidazole rings is 1. The van der Waals surface area contributed by atoms with Gasteiger partial charge in [0.15, 0.2) is 0 Å². The minimum Gasteiger partial charge on any atom is -0.364 e. The molecule has 0 saturated carbocycles. The molecule has 1 aliphatic heterocycles. The second-order valence-corrected chi connectivity index (χ2v) is 10.9. The van der Waals surface area contributed by atoms with Gasteiger partial charge in [0.2, 0.25) is 10.0 Å². The smallest absolute Gasteiger partial charge is 0.243 e. The molecular formula is C28H27N5O2S. The highest BCUT2D eigenvalue weighted by Gasteiger charge is 2.39. The van der Waals surface area contributed by atoms with E-state index in [1.165, 1.54) is 0 Å². The molecule has 0 unspecified atom stereocenters. The van der Waals surface area contributed by atoms with E-state index in [0.29, 0.717) is 18.7 Å². The van der Waals surface area contributed by atoms with Crippen molar-refractivity contribution in [2.75, 3.05) is 11.4 Å². The summed E-state index contributed by atoms with van der Waals surface area (Å²) in [6.45, 7) is 3.26. The number of H-pyrrole nitrogens is 1. The Hall–Kier alpha value is -3.93. The first kappa shape index (κ1) is 23.8. The molecule has 1 aliphatic rings. The zero-order valence-electron chi connectivity index (χ0n) is 19.9. The number of aromatic amines is 1. The molecule has 2 atom stereocenters. The lowest BCUT2D eigenvalue weighted by Gasteiger charge is -2.36. The molecule has 4 aromatic rings. The predicted molar refractivity (Wildman–Crippen MR) is 139 cm³/mol. The largest absolute Gasteiger partial charge is 0.364 e. The van der Waals surface area contributed by atoms with Gasteiger partial charge >= 0.3 is 0 Å². The van der Waals surface area contributed by atoms with Crippen LogP contribution < -0.4 is 4.90 Å². The molecule has 0 bridgehead atoms. The quantitative estimate of drug-likeness (QED) is 0.418. The fraction of sp³-hybridized carbons (Fsp3) is 0.214. The van der Waals surface area contributed by atoms with Crippen LogP contribution >= 0.6 is 0 Å². The van der Waals surface area contributed by atoms with E-state index in [1.54, 1.807) is 53.2 Å². The second kappa shape index (κ2) is 9.97. The summed E-state index contributed by atoms with van der Waals surface area (Å²) in [5, 5.41) is 9.57. The van der Waals surface area contributed by atoms with Gasteiger partial charge < -0.3 is 9.88 Å². The number of hydrogen-bond donors (Lipinski definition) is 1. The molecule has 0 spiro atoms. The van der Waals surface area contributed by atoms with Gasteiger partial charge in [0.1, 0.15) is 0 Å². The summed E-state index contributed by atoms with van der Waals surface area (Å²) < 4.78 is 29.8. The maximum Gasteiger partial charge on any atom is 0.243 e. The minimum atomic E-state index is -3.83. The van der Waals surface area contributed by atoms with Crippen molar-refractivity contribution in [2.45, 2.75) is 36.9 Å². The third-order valence-corrected chi connectivity index (χ3v) is 8.71. The van der Waals surface area contributed by atoms with E-state index in [9.17, 15) is 13.7 Å². The molecular weight excluding hydrogens is 470 g/mol. The Kier molecular flexibility index (Phi) is 6.59. The van der Waals surface area contributed by atoms with E-state index >= 15 is 0 Å². The molecule has 0 fully saturated rings. The van der Waals surface area contributed by atoms with E-state index in [-0.39, 0.29) is 23.4 Å². The molecule has 36 heavy (non-hydrogen) atoms. The third-order valence-electron chi connectivity index (χ3n) is 6.82. The summed E-state index contributed by atoms with van der Waals surface area (Å²) in [5.74, 6) is -0.0845. The Bertz CT molecular complexity index is 1470. The summed E-state index contributed by atoms with van der Waals surface area (Å²) in [7, 11) is -3.83. The molecule has 5 rings (SSSR count). The minimum absolute atomic E-state index is 0.0845. The number of nitrogens with zero attached hydrogens (tertiary/aromatic N) is 4. The first-order chi connectivity index (χ1) is 17.5. The van der Waals surface area contributed by atoms with Gasteiger partial charge in [-0.1, -0.05) is 55.5 Å². The van der Waals surface area contributed by atoms with E-state index < -0.39 is 10.0 Å². The van der Waals surface area contributed by atoms with Crippen LogP contribution in [0, 0.1) is 11.3 Å². The van der Waals surface area contributed by atoms with Crippen molar-refractivity contribution in [1.29, 1.82) is 5.26 Å². The Morgan fingerprint density at radius 2 is 1.81 bits per heavy atom. The first-order valence-corrected chi connectivity index (χ1v) is 13.3. The summed E-state index contributed by atoms with van der Waals surface area (Å²) in [4.78, 5) is 9.77. The van der Waals surface area contributed by atoms with Crippen LogP contribution in [0.15, 0.2) is 96.3 Å². The third kappa shape index (κ3) is 4.63. The Morgan fingerprint density at radius 1 is 1.08 bits per heavy atom. The number of rotatable bonds is 6. The highest BCUT2D eigenvalue weighted by atomic mass is 32.2. The lowest BCUT2D eigenvalue weighted by atomic mass is 9.93. The van der Waals surface area contributed by atoms with E-state index in [0.717, 1.165) is 22.5 Å². The van der Waals surface area contributed by atoms with Crippen LogP contribution in [0.1, 0.15) is 35.2 Å². The Balaban J connectivity index is 1.66. The summed E-state index contributed by atoms with van der Waals surface area (Å²) in [6.07, 6.45) is 3.42. The molecule has 3 aromatic carbocycles. The van der Waals surface area contributed by atoms with Crippen molar-refractivity contribution in [3.63, 3.8) is 0 Å². The van der Waals surface area contributed by atoms with E-state index in [4.69, 9.17) is 0 Å². The van der Waals surface area contributed by atoms with Crippen molar-refractivity contribution in [3.05, 3.63) is 114 Å². The number of nitrogens with one attached hydrogen (secondary N) is 1. The molecule has 7 nitrogen and oxygen atoms in total. The van der Waals surface area contributed by atoms with Gasteiger partial charge in [-0.05, 0) is 47.4 Å². The SMILES string of the molecule is C[C@@H](c1ccccc1)[C@@H]1CN(Cc2cnc[nH]2)c2ccc(C#N)cc2CN1S(=O)(=O)c1ccccc1. The lowest BCUT2D eigenvalue weighted by Crippen LogP contribution is -2.47. The lowest BCUT2D eigenvalue weighted by molar-refractivity contribution is 0.288. The molecule has 1 N–H and O–H groups in total. The maximum absolute atomic E-state index is 14.1. The van der Waals surface area contributed by atoms with Crippen LogP contribution in [0.2, 0.25) is 0 Å². The standard InChI is InChI=1S/C28H27N5O2S/c1-21(23-8-4-2-5-9-23)28-19-32(18-25-16-30-20-31-25)27-13-12-22(15-29)14-24(27)17-33(28)36(34,35)26-10-6-3-7-11-26/h2-14,16,20-21,28H,17-19H2,1H3,(H,30,31)/t21-,28-/m0/s1. The van der Waals surface area contributed by atoms with Gasteiger partial charge in [0, 0.05) is 31.0 Å². The molecule has 0 saturated heterocycles. The topological polar surface area (TPSA) is 93.1 Å².